The lowest BCUT2D eigenvalue weighted by molar-refractivity contribution is -0.110. The van der Waals surface area contributed by atoms with Crippen LogP contribution in [0.5, 0.6) is 0 Å². The third kappa shape index (κ3) is 4.06. The van der Waals surface area contributed by atoms with Crippen LogP contribution in [0.1, 0.15) is 11.1 Å². The van der Waals surface area contributed by atoms with Gasteiger partial charge in [-0.1, -0.05) is 6.07 Å². The molecular formula is C22H18F3N3O2S. The van der Waals surface area contributed by atoms with Gasteiger partial charge in [0.1, 0.15) is 10.5 Å². The van der Waals surface area contributed by atoms with E-state index in [1.165, 1.54) is 34.9 Å². The van der Waals surface area contributed by atoms with Gasteiger partial charge in [0, 0.05) is 18.7 Å². The second-order valence-corrected chi connectivity index (χ2v) is 8.40. The summed E-state index contributed by atoms with van der Waals surface area (Å²) in [6, 6.07) is 7.34. The van der Waals surface area contributed by atoms with Gasteiger partial charge in [0.05, 0.1) is 15.8 Å². The minimum Gasteiger partial charge on any atom is -0.321 e. The summed E-state index contributed by atoms with van der Waals surface area (Å²) in [5.74, 6) is -2.91. The maximum atomic E-state index is 13.6. The number of anilines is 1. The molecule has 1 aliphatic heterocycles. The second-order valence-electron chi connectivity index (χ2n) is 7.37. The predicted molar refractivity (Wildman–Crippen MR) is 114 cm³/mol. The summed E-state index contributed by atoms with van der Waals surface area (Å²) in [7, 11) is 3.72. The van der Waals surface area contributed by atoms with Crippen LogP contribution in [0.25, 0.3) is 11.6 Å². The van der Waals surface area contributed by atoms with E-state index in [1.807, 2.05) is 19.0 Å². The van der Waals surface area contributed by atoms with Crippen molar-refractivity contribution < 1.29 is 18.0 Å². The van der Waals surface area contributed by atoms with Gasteiger partial charge in [0.25, 0.3) is 11.5 Å². The van der Waals surface area contributed by atoms with Gasteiger partial charge in [-0.15, -0.1) is 11.3 Å². The Bertz CT molecular complexity index is 1380. The van der Waals surface area contributed by atoms with Crippen molar-refractivity contribution >= 4 is 34.6 Å². The van der Waals surface area contributed by atoms with E-state index in [1.54, 1.807) is 0 Å². The first-order chi connectivity index (χ1) is 14.7. The van der Waals surface area contributed by atoms with Crippen molar-refractivity contribution in [3.8, 4) is 0 Å². The Morgan fingerprint density at radius 1 is 1.06 bits per heavy atom. The highest BCUT2D eigenvalue weighted by atomic mass is 32.1. The minimum absolute atomic E-state index is 0.274. The van der Waals surface area contributed by atoms with Gasteiger partial charge in [-0.05, 0) is 56.1 Å². The minimum atomic E-state index is -1.01. The third-order valence-electron chi connectivity index (χ3n) is 4.86. The number of hydrogen-bond acceptors (Lipinski definition) is 4. The zero-order chi connectivity index (χ0) is 22.3. The number of carbonyl (C=O) groups excluding carboxylic acids is 1. The summed E-state index contributed by atoms with van der Waals surface area (Å²) in [6.45, 7) is 0.857. The van der Waals surface area contributed by atoms with Crippen LogP contribution in [-0.4, -0.2) is 36.0 Å². The van der Waals surface area contributed by atoms with Gasteiger partial charge in [0.2, 0.25) is 0 Å². The highest BCUT2D eigenvalue weighted by molar-refractivity contribution is 7.07. The molecule has 0 fully saturated rings. The van der Waals surface area contributed by atoms with Crippen LogP contribution in [0.15, 0.2) is 41.2 Å². The number of hydrogen-bond donors (Lipinski definition) is 1. The normalized spacial score (nSPS) is 15.5. The first kappa shape index (κ1) is 21.1. The van der Waals surface area contributed by atoms with Crippen molar-refractivity contribution in [3.05, 3.63) is 84.5 Å². The van der Waals surface area contributed by atoms with Crippen LogP contribution < -0.4 is 20.1 Å². The van der Waals surface area contributed by atoms with Crippen molar-refractivity contribution in [1.82, 2.24) is 9.47 Å². The fraction of sp³-hybridized carbons (Fsp3) is 0.182. The largest absolute Gasteiger partial charge is 0.321 e. The topological polar surface area (TPSA) is 54.3 Å². The highest BCUT2D eigenvalue weighted by Crippen LogP contribution is 2.30. The number of nitrogens with zero attached hydrogens (tertiary/aromatic N) is 2. The van der Waals surface area contributed by atoms with Crippen LogP contribution in [-0.2, 0) is 11.3 Å². The first-order valence-electron chi connectivity index (χ1n) is 9.41. The van der Waals surface area contributed by atoms with Crippen molar-refractivity contribution in [2.45, 2.75) is 6.54 Å². The first-order valence-corrected chi connectivity index (χ1v) is 10.2. The number of thiazole rings is 1. The molecule has 2 heterocycles. The van der Waals surface area contributed by atoms with Crippen molar-refractivity contribution in [2.24, 2.45) is 0 Å². The molecule has 0 aliphatic carbocycles. The molecule has 2 aromatic carbocycles. The summed E-state index contributed by atoms with van der Waals surface area (Å²) in [5, 5.41) is 2.63. The van der Waals surface area contributed by atoms with Crippen molar-refractivity contribution in [1.29, 1.82) is 0 Å². The molecule has 0 saturated heterocycles. The van der Waals surface area contributed by atoms with Gasteiger partial charge in [-0.2, -0.15) is 0 Å². The molecule has 3 aromatic rings. The average Bonchev–Trinajstić information content (AvgIpc) is 3.18. The summed E-state index contributed by atoms with van der Waals surface area (Å²) in [5.41, 5.74) is 1.10. The van der Waals surface area contributed by atoms with Crippen molar-refractivity contribution in [3.63, 3.8) is 0 Å². The smallest absolute Gasteiger partial charge is 0.269 e. The Morgan fingerprint density at radius 2 is 1.84 bits per heavy atom. The maximum Gasteiger partial charge on any atom is 0.269 e. The number of likely N-dealkylation sites (N-methyl/N-ethyl adjacent to an activating group) is 1. The van der Waals surface area contributed by atoms with Gasteiger partial charge in [0.15, 0.2) is 11.6 Å². The second kappa shape index (κ2) is 8.16. The number of benzene rings is 2. The summed E-state index contributed by atoms with van der Waals surface area (Å²) in [4.78, 5) is 27.7. The van der Waals surface area contributed by atoms with Crippen LogP contribution in [0.2, 0.25) is 0 Å². The van der Waals surface area contributed by atoms with E-state index >= 15 is 0 Å². The predicted octanol–water partition coefficient (Wildman–Crippen LogP) is 1.87. The summed E-state index contributed by atoms with van der Waals surface area (Å²) in [6.07, 6.45) is 1.46. The van der Waals surface area contributed by atoms with Crippen molar-refractivity contribution in [2.75, 3.05) is 26.0 Å². The van der Waals surface area contributed by atoms with Crippen LogP contribution >= 0.6 is 11.3 Å². The average molecular weight is 445 g/mol. The molecular weight excluding hydrogens is 427 g/mol. The summed E-state index contributed by atoms with van der Waals surface area (Å²) >= 11 is 1.08. The van der Waals surface area contributed by atoms with Gasteiger partial charge < -0.3 is 10.2 Å². The lowest BCUT2D eigenvalue weighted by atomic mass is 10.1. The Labute approximate surface area is 179 Å². The quantitative estimate of drug-likeness (QED) is 0.667. The highest BCUT2D eigenvalue weighted by Gasteiger charge is 2.27. The van der Waals surface area contributed by atoms with Crippen LogP contribution in [0.4, 0.5) is 18.9 Å². The SMILES string of the molecule is CN(C)CCn1c(=O)/c(=C/c2ccc(F)c(F)c2)s/c1=C1\C(=O)Nc2cc(F)ccc21. The number of carbonyl (C=O) groups is 1. The van der Waals surface area contributed by atoms with Crippen LogP contribution in [0.3, 0.4) is 0 Å². The zero-order valence-corrected chi connectivity index (χ0v) is 17.5. The lowest BCUT2D eigenvalue weighted by Crippen LogP contribution is -2.36. The molecule has 160 valence electrons. The Balaban J connectivity index is 1.99. The van der Waals surface area contributed by atoms with E-state index in [4.69, 9.17) is 0 Å². The number of halogens is 3. The number of amides is 1. The Hall–Kier alpha value is -3.17. The number of fused-ring (bicyclic) bond motifs is 1. The molecule has 4 rings (SSSR count). The fourth-order valence-corrected chi connectivity index (χ4v) is 4.51. The van der Waals surface area contributed by atoms with E-state index in [2.05, 4.69) is 5.32 Å². The number of nitrogens with one attached hydrogen (secondary N) is 1. The van der Waals surface area contributed by atoms with Gasteiger partial charge >= 0.3 is 0 Å². The molecule has 0 unspecified atom stereocenters. The Morgan fingerprint density at radius 3 is 2.55 bits per heavy atom. The molecule has 1 N–H and O–H groups in total. The molecule has 1 amide bonds. The molecule has 1 aromatic heterocycles. The van der Waals surface area contributed by atoms with Crippen LogP contribution in [0, 0.1) is 17.5 Å². The van der Waals surface area contributed by atoms with E-state index in [0.29, 0.717) is 34.6 Å². The van der Waals surface area contributed by atoms with Gasteiger partial charge in [-0.3, -0.25) is 14.2 Å². The summed E-state index contributed by atoms with van der Waals surface area (Å²) < 4.78 is 42.6. The third-order valence-corrected chi connectivity index (χ3v) is 5.99. The molecule has 0 bridgehead atoms. The molecule has 1 aliphatic rings. The molecule has 31 heavy (non-hydrogen) atoms. The molecule has 5 nitrogen and oxygen atoms in total. The molecule has 0 spiro atoms. The fourth-order valence-electron chi connectivity index (χ4n) is 3.32. The van der Waals surface area contributed by atoms with E-state index in [0.717, 1.165) is 23.5 Å². The monoisotopic (exact) mass is 445 g/mol. The molecule has 0 radical (unpaired) electrons. The van der Waals surface area contributed by atoms with Gasteiger partial charge in [-0.25, -0.2) is 13.2 Å². The standard InChI is InChI=1S/C22H18F3N3O2S/c1-27(2)7-8-28-21(30)18(10-12-3-6-15(24)16(25)9-12)31-22(28)19-14-5-4-13(23)11-17(14)26-20(19)29/h3-6,9-11H,7-8H2,1-2H3,(H,26,29)/b18-10-,22-19-. The maximum absolute atomic E-state index is 13.6. The molecule has 0 saturated carbocycles. The molecule has 9 heteroatoms. The Kier molecular flexibility index (Phi) is 5.55. The number of rotatable bonds is 4. The zero-order valence-electron chi connectivity index (χ0n) is 16.7. The number of aromatic nitrogens is 1. The lowest BCUT2D eigenvalue weighted by Gasteiger charge is -2.10. The molecule has 0 atom stereocenters. The van der Waals surface area contributed by atoms with E-state index in [-0.39, 0.29) is 15.7 Å². The van der Waals surface area contributed by atoms with E-state index in [9.17, 15) is 22.8 Å². The van der Waals surface area contributed by atoms with E-state index < -0.39 is 23.4 Å².